The quantitative estimate of drug-likeness (QED) is 0.389. The number of rotatable bonds is 0. The van der Waals surface area contributed by atoms with Gasteiger partial charge in [-0.05, 0) is 0 Å². The molecule has 0 atom stereocenters. The molecule has 1 radical (unpaired) electrons. The van der Waals surface area contributed by atoms with Crippen molar-refractivity contribution in [1.29, 1.82) is 0 Å². The van der Waals surface area contributed by atoms with Gasteiger partial charge in [-0.2, -0.15) is 0 Å². The van der Waals surface area contributed by atoms with Crippen LogP contribution in [0.1, 0.15) is 0 Å². The van der Waals surface area contributed by atoms with E-state index in [1.54, 1.807) is 6.07 Å². The zero-order chi connectivity index (χ0) is 3.54. The molecule has 0 N–H and O–H groups in total. The Morgan fingerprint density at radius 2 is 1.50 bits per heavy atom. The second-order valence-corrected chi connectivity index (χ2v) is 0.683. The molecule has 35 valence electrons. The average molecular weight is 164 g/mol. The van der Waals surface area contributed by atoms with Crippen molar-refractivity contribution in [3.05, 3.63) is 30.3 Å². The standard InChI is InChI=1S/C5H.Rh/c1-2-4-5-3-1;/h1H;/q-5;. The molecule has 6 heavy (non-hydrogen) atoms. The molecule has 0 spiro atoms. The third-order valence-electron chi connectivity index (χ3n) is 0.351. The maximum atomic E-state index is 2.62. The first-order valence-corrected chi connectivity index (χ1v) is 1.33. The Morgan fingerprint density at radius 3 is 1.67 bits per heavy atom. The van der Waals surface area contributed by atoms with Crippen LogP contribution in [0.25, 0.3) is 0 Å². The van der Waals surface area contributed by atoms with Crippen LogP contribution in [0.15, 0.2) is 6.07 Å². The molecular weight excluding hydrogens is 163 g/mol. The van der Waals surface area contributed by atoms with Crippen LogP contribution in [-0.2, 0) is 19.5 Å². The van der Waals surface area contributed by atoms with E-state index >= 15 is 0 Å². The SMILES string of the molecule is [Rh].[c-]1[c-][c-][cH-][c-]1. The van der Waals surface area contributed by atoms with Gasteiger partial charge in [-0.25, -0.2) is 0 Å². The van der Waals surface area contributed by atoms with Crippen LogP contribution in [-0.4, -0.2) is 0 Å². The zero-order valence-electron chi connectivity index (χ0n) is 2.91. The van der Waals surface area contributed by atoms with E-state index in [0.29, 0.717) is 0 Å². The van der Waals surface area contributed by atoms with Gasteiger partial charge >= 0.3 is 0 Å². The fraction of sp³-hybridized carbons (Fsp3) is 0. The average Bonchev–Trinajstić information content (AvgIpc) is 1.76. The summed E-state index contributed by atoms with van der Waals surface area (Å²) in [7, 11) is 0. The predicted molar refractivity (Wildman–Crippen MR) is 17.4 cm³/mol. The second-order valence-electron chi connectivity index (χ2n) is 0.683. The van der Waals surface area contributed by atoms with Crippen molar-refractivity contribution in [2.45, 2.75) is 0 Å². The minimum absolute atomic E-state index is 0. The summed E-state index contributed by atoms with van der Waals surface area (Å²) in [4.78, 5) is 0. The zero-order valence-corrected chi connectivity index (χ0v) is 4.55. The van der Waals surface area contributed by atoms with Gasteiger partial charge in [0.2, 0.25) is 0 Å². The van der Waals surface area contributed by atoms with Crippen molar-refractivity contribution in [3.63, 3.8) is 0 Å². The molecule has 0 aromatic heterocycles. The molecule has 0 nitrogen and oxygen atoms in total. The second kappa shape index (κ2) is 3.17. The van der Waals surface area contributed by atoms with Crippen LogP contribution < -0.4 is 0 Å². The maximum Gasteiger partial charge on any atom is 0 e. The molecule has 0 amide bonds. The van der Waals surface area contributed by atoms with Crippen molar-refractivity contribution < 1.29 is 19.5 Å². The first-order chi connectivity index (χ1) is 2.50. The molecule has 0 saturated carbocycles. The molecule has 0 aliphatic rings. The van der Waals surface area contributed by atoms with Gasteiger partial charge in [0.05, 0.1) is 0 Å². The van der Waals surface area contributed by atoms with Crippen LogP contribution in [0.4, 0.5) is 0 Å². The third-order valence-corrected chi connectivity index (χ3v) is 0.351. The maximum absolute atomic E-state index is 2.62. The first kappa shape index (κ1) is 5.97. The fourth-order valence-corrected chi connectivity index (χ4v) is 0.180. The molecule has 1 aromatic rings. The van der Waals surface area contributed by atoms with Crippen molar-refractivity contribution in [2.75, 3.05) is 0 Å². The van der Waals surface area contributed by atoms with Crippen LogP contribution >= 0.6 is 0 Å². The van der Waals surface area contributed by atoms with Crippen molar-refractivity contribution in [2.24, 2.45) is 0 Å². The Hall–Kier alpha value is -0.0266. The van der Waals surface area contributed by atoms with Crippen LogP contribution in [0.3, 0.4) is 0 Å². The normalized spacial score (nSPS) is 6.67. The Labute approximate surface area is 50.3 Å². The molecule has 0 bridgehead atoms. The van der Waals surface area contributed by atoms with Gasteiger partial charge in [0, 0.05) is 19.5 Å². The molecule has 1 rings (SSSR count). The van der Waals surface area contributed by atoms with Gasteiger partial charge in [-0.1, -0.05) is 0 Å². The minimum Gasteiger partial charge on any atom is -0.999 e. The van der Waals surface area contributed by atoms with E-state index in [-0.39, 0.29) is 19.5 Å². The topological polar surface area (TPSA) is 0 Å². The van der Waals surface area contributed by atoms with Crippen molar-refractivity contribution in [3.8, 4) is 0 Å². The number of hydrogen-bond acceptors (Lipinski definition) is 0. The van der Waals surface area contributed by atoms with Gasteiger partial charge in [0.15, 0.2) is 0 Å². The summed E-state index contributed by atoms with van der Waals surface area (Å²) in [6, 6.07) is 12.0. The van der Waals surface area contributed by atoms with Gasteiger partial charge in [-0.15, -0.1) is 0 Å². The summed E-state index contributed by atoms with van der Waals surface area (Å²) in [5.74, 6) is 0. The Kier molecular flexibility index (Phi) is 3.16. The predicted octanol–water partition coefficient (Wildman–Crippen LogP) is 0.604. The fourth-order valence-electron chi connectivity index (χ4n) is 0.180. The molecule has 0 aliphatic carbocycles. The van der Waals surface area contributed by atoms with E-state index < -0.39 is 0 Å². The van der Waals surface area contributed by atoms with E-state index in [1.165, 1.54) is 0 Å². The van der Waals surface area contributed by atoms with Crippen LogP contribution in [0, 0.1) is 24.3 Å². The molecule has 0 fully saturated rings. The molecule has 0 unspecified atom stereocenters. The van der Waals surface area contributed by atoms with E-state index in [9.17, 15) is 0 Å². The van der Waals surface area contributed by atoms with Gasteiger partial charge < -0.3 is 30.3 Å². The van der Waals surface area contributed by atoms with Gasteiger partial charge in [0.1, 0.15) is 0 Å². The third kappa shape index (κ3) is 1.42. The summed E-state index contributed by atoms with van der Waals surface area (Å²) in [6.45, 7) is 0. The molecular formula is C5HRh-5. The van der Waals surface area contributed by atoms with E-state index in [0.717, 1.165) is 0 Å². The van der Waals surface area contributed by atoms with Gasteiger partial charge in [-0.3, -0.25) is 0 Å². The van der Waals surface area contributed by atoms with Crippen LogP contribution in [0.5, 0.6) is 0 Å². The molecule has 1 heteroatoms. The van der Waals surface area contributed by atoms with Crippen molar-refractivity contribution >= 4 is 0 Å². The van der Waals surface area contributed by atoms with E-state index in [2.05, 4.69) is 24.3 Å². The number of hydrogen-bond donors (Lipinski definition) is 0. The smallest absolute Gasteiger partial charge is 0 e. The Morgan fingerprint density at radius 1 is 1.00 bits per heavy atom. The van der Waals surface area contributed by atoms with Gasteiger partial charge in [0.25, 0.3) is 0 Å². The Bertz CT molecular complexity index is 60.4. The molecule has 0 aliphatic heterocycles. The van der Waals surface area contributed by atoms with Crippen LogP contribution in [0.2, 0.25) is 0 Å². The summed E-state index contributed by atoms with van der Waals surface area (Å²) >= 11 is 0. The van der Waals surface area contributed by atoms with E-state index in [1.807, 2.05) is 0 Å². The molecule has 0 heterocycles. The summed E-state index contributed by atoms with van der Waals surface area (Å²) in [5, 5.41) is 0. The van der Waals surface area contributed by atoms with Crippen molar-refractivity contribution in [1.82, 2.24) is 0 Å². The summed E-state index contributed by atoms with van der Waals surface area (Å²) < 4.78 is 0. The monoisotopic (exact) mass is 164 g/mol. The minimum atomic E-state index is 0. The molecule has 1 aromatic carbocycles. The summed E-state index contributed by atoms with van der Waals surface area (Å²) in [5.41, 5.74) is 0. The molecule has 0 saturated heterocycles. The van der Waals surface area contributed by atoms with E-state index in [4.69, 9.17) is 0 Å². The first-order valence-electron chi connectivity index (χ1n) is 1.33. The Balaban J connectivity index is 0.000000250. The summed E-state index contributed by atoms with van der Waals surface area (Å²) in [6.07, 6.45) is 0. The largest absolute Gasteiger partial charge is 0.999 e.